The maximum Gasteiger partial charge on any atom is 0.408 e. The van der Waals surface area contributed by atoms with Crippen LogP contribution in [-0.2, 0) is 6.67 Å². The highest BCUT2D eigenvalue weighted by atomic mass is 35.5. The van der Waals surface area contributed by atoms with Crippen LogP contribution in [-0.4, -0.2) is 34.0 Å². The molecule has 1 aromatic carbocycles. The molecule has 0 aliphatic carbocycles. The second-order valence-electron chi connectivity index (χ2n) is 5.53. The summed E-state index contributed by atoms with van der Waals surface area (Å²) in [7, 11) is 0. The second-order valence-corrected chi connectivity index (χ2v) is 5.94. The summed E-state index contributed by atoms with van der Waals surface area (Å²) >= 11 is 5.76. The van der Waals surface area contributed by atoms with Crippen molar-refractivity contribution in [2.45, 2.75) is 6.67 Å². The van der Waals surface area contributed by atoms with Crippen LogP contribution in [0.25, 0.3) is 16.7 Å². The van der Waals surface area contributed by atoms with Crippen LogP contribution in [0, 0.1) is 15.9 Å². The summed E-state index contributed by atoms with van der Waals surface area (Å²) in [6.07, 6.45) is 3.87. The number of hydrogen-bond acceptors (Lipinski definition) is 6. The molecular formula is C15H9ClFN7O3. The van der Waals surface area contributed by atoms with E-state index in [1.54, 1.807) is 0 Å². The molecule has 0 fully saturated rings. The molecule has 10 nitrogen and oxygen atoms in total. The van der Waals surface area contributed by atoms with E-state index < -0.39 is 22.1 Å². The van der Waals surface area contributed by atoms with Crippen LogP contribution in [0.2, 0.25) is 5.02 Å². The molecule has 0 radical (unpaired) electrons. The molecule has 0 atom stereocenters. The minimum Gasteiger partial charge on any atom is -0.358 e. The highest BCUT2D eigenvalue weighted by molar-refractivity contribution is 6.32. The lowest BCUT2D eigenvalue weighted by Crippen LogP contribution is -2.24. The molecule has 0 amide bonds. The highest BCUT2D eigenvalue weighted by Crippen LogP contribution is 2.21. The standard InChI is InChI=1S/C15H9ClFN7O3/c16-12-6-22(20-14(12)24(26)27)8-21-7-18-13-11(15(21)25)5-19-23(13)10-3-1-9(17)2-4-10/h1-7H,8H2. The van der Waals surface area contributed by atoms with Gasteiger partial charge in [0.2, 0.25) is 0 Å². The summed E-state index contributed by atoms with van der Waals surface area (Å²) in [5, 5.41) is 18.8. The van der Waals surface area contributed by atoms with Crippen molar-refractivity contribution in [1.82, 2.24) is 29.1 Å². The quantitative estimate of drug-likeness (QED) is 0.389. The number of fused-ring (bicyclic) bond motifs is 1. The predicted octanol–water partition coefficient (Wildman–Crippen LogP) is 1.99. The van der Waals surface area contributed by atoms with Crippen molar-refractivity contribution in [1.29, 1.82) is 0 Å². The lowest BCUT2D eigenvalue weighted by atomic mass is 10.3. The molecule has 136 valence electrons. The molecule has 4 aromatic rings. The molecule has 0 saturated heterocycles. The van der Waals surface area contributed by atoms with Crippen molar-refractivity contribution in [3.8, 4) is 5.69 Å². The van der Waals surface area contributed by atoms with Gasteiger partial charge in [-0.2, -0.15) is 9.78 Å². The van der Waals surface area contributed by atoms with Gasteiger partial charge in [0.15, 0.2) is 10.7 Å². The number of halogens is 2. The van der Waals surface area contributed by atoms with E-state index in [0.717, 1.165) is 0 Å². The average molecular weight is 390 g/mol. The minimum atomic E-state index is -0.713. The van der Waals surface area contributed by atoms with Gasteiger partial charge in [-0.1, -0.05) is 11.6 Å². The first kappa shape index (κ1) is 16.8. The Labute approximate surface area is 154 Å². The summed E-state index contributed by atoms with van der Waals surface area (Å²) < 4.78 is 16.9. The van der Waals surface area contributed by atoms with Crippen molar-refractivity contribution in [2.75, 3.05) is 0 Å². The van der Waals surface area contributed by atoms with Gasteiger partial charge in [0.05, 0.1) is 23.2 Å². The van der Waals surface area contributed by atoms with E-state index >= 15 is 0 Å². The SMILES string of the molecule is O=c1c2cnn(-c3ccc(F)cc3)c2ncn1Cn1cc(Cl)c([N+](=O)[O-])n1. The fourth-order valence-corrected chi connectivity index (χ4v) is 2.78. The zero-order valence-electron chi connectivity index (χ0n) is 13.4. The van der Waals surface area contributed by atoms with E-state index in [1.807, 2.05) is 0 Å². The Bertz CT molecular complexity index is 1230. The first-order valence-corrected chi connectivity index (χ1v) is 7.88. The van der Waals surface area contributed by atoms with Gasteiger partial charge in [0, 0.05) is 0 Å². The summed E-state index contributed by atoms with van der Waals surface area (Å²) in [5.41, 5.74) is 0.431. The van der Waals surface area contributed by atoms with Crippen molar-refractivity contribution in [3.05, 3.63) is 74.3 Å². The summed E-state index contributed by atoms with van der Waals surface area (Å²) in [6.45, 7) is -0.114. The first-order chi connectivity index (χ1) is 12.9. The molecule has 12 heteroatoms. The molecule has 27 heavy (non-hydrogen) atoms. The Hall–Kier alpha value is -3.60. The maximum absolute atomic E-state index is 13.1. The largest absolute Gasteiger partial charge is 0.408 e. The molecule has 4 rings (SSSR count). The van der Waals surface area contributed by atoms with Crippen LogP contribution in [0.1, 0.15) is 0 Å². The average Bonchev–Trinajstić information content (AvgIpc) is 3.22. The van der Waals surface area contributed by atoms with Crippen molar-refractivity contribution in [3.63, 3.8) is 0 Å². The Kier molecular flexibility index (Phi) is 3.92. The van der Waals surface area contributed by atoms with Crippen LogP contribution in [0.5, 0.6) is 0 Å². The fourth-order valence-electron chi connectivity index (χ4n) is 2.56. The van der Waals surface area contributed by atoms with Crippen LogP contribution in [0.15, 0.2) is 47.8 Å². The number of aromatic nitrogens is 6. The van der Waals surface area contributed by atoms with Gasteiger partial charge in [-0.3, -0.25) is 9.36 Å². The molecule has 0 aliphatic rings. The number of benzene rings is 1. The molecule has 0 aliphatic heterocycles. The van der Waals surface area contributed by atoms with Gasteiger partial charge in [-0.05, 0) is 29.2 Å². The smallest absolute Gasteiger partial charge is 0.358 e. The lowest BCUT2D eigenvalue weighted by molar-refractivity contribution is -0.389. The Morgan fingerprint density at radius 1 is 1.26 bits per heavy atom. The van der Waals surface area contributed by atoms with Gasteiger partial charge < -0.3 is 10.1 Å². The van der Waals surface area contributed by atoms with E-state index in [2.05, 4.69) is 15.2 Å². The first-order valence-electron chi connectivity index (χ1n) is 7.50. The monoisotopic (exact) mass is 389 g/mol. The van der Waals surface area contributed by atoms with E-state index in [-0.39, 0.29) is 17.1 Å². The molecule has 0 unspecified atom stereocenters. The third-order valence-electron chi connectivity index (χ3n) is 3.80. The van der Waals surface area contributed by atoms with Crippen molar-refractivity contribution < 1.29 is 9.31 Å². The van der Waals surface area contributed by atoms with Crippen LogP contribution < -0.4 is 5.56 Å². The topological polar surface area (TPSA) is 114 Å². The van der Waals surface area contributed by atoms with E-state index in [4.69, 9.17) is 11.6 Å². The van der Waals surface area contributed by atoms with Crippen LogP contribution in [0.4, 0.5) is 10.2 Å². The number of rotatable bonds is 4. The molecule has 0 spiro atoms. The van der Waals surface area contributed by atoms with Gasteiger partial charge in [-0.15, -0.1) is 0 Å². The van der Waals surface area contributed by atoms with Crippen molar-refractivity contribution >= 4 is 28.5 Å². The maximum atomic E-state index is 13.1. The van der Waals surface area contributed by atoms with Gasteiger partial charge >= 0.3 is 5.82 Å². The van der Waals surface area contributed by atoms with E-state index in [0.29, 0.717) is 11.3 Å². The highest BCUT2D eigenvalue weighted by Gasteiger charge is 2.20. The second kappa shape index (κ2) is 6.29. The number of nitro groups is 1. The molecule has 3 heterocycles. The molecule has 0 saturated carbocycles. The lowest BCUT2D eigenvalue weighted by Gasteiger charge is -2.05. The Morgan fingerprint density at radius 3 is 2.67 bits per heavy atom. The third kappa shape index (κ3) is 2.93. The Morgan fingerprint density at radius 2 is 2.00 bits per heavy atom. The van der Waals surface area contributed by atoms with Crippen molar-refractivity contribution in [2.24, 2.45) is 0 Å². The van der Waals surface area contributed by atoms with Crippen LogP contribution in [0.3, 0.4) is 0 Å². The molecule has 3 aromatic heterocycles. The van der Waals surface area contributed by atoms with Gasteiger partial charge in [0.1, 0.15) is 24.2 Å². The van der Waals surface area contributed by atoms with Gasteiger partial charge in [0.25, 0.3) is 5.56 Å². The normalized spacial score (nSPS) is 11.2. The summed E-state index contributed by atoms with van der Waals surface area (Å²) in [5.74, 6) is -0.889. The Balaban J connectivity index is 1.73. The van der Waals surface area contributed by atoms with E-state index in [9.17, 15) is 19.3 Å². The summed E-state index contributed by atoms with van der Waals surface area (Å²) in [6, 6.07) is 5.58. The molecular weight excluding hydrogens is 381 g/mol. The van der Waals surface area contributed by atoms with E-state index in [1.165, 1.54) is 56.9 Å². The predicted molar refractivity (Wildman–Crippen MR) is 92.4 cm³/mol. The third-order valence-corrected chi connectivity index (χ3v) is 4.06. The molecule has 0 bridgehead atoms. The fraction of sp³-hybridized carbons (Fsp3) is 0.0667. The summed E-state index contributed by atoms with van der Waals surface area (Å²) in [4.78, 5) is 27.0. The zero-order chi connectivity index (χ0) is 19.1. The molecule has 0 N–H and O–H groups in total. The number of hydrogen-bond donors (Lipinski definition) is 0. The van der Waals surface area contributed by atoms with Gasteiger partial charge in [-0.25, -0.2) is 14.1 Å². The minimum absolute atomic E-state index is 0.114. The van der Waals surface area contributed by atoms with Crippen LogP contribution >= 0.6 is 11.6 Å². The zero-order valence-corrected chi connectivity index (χ0v) is 14.1. The number of nitrogens with zero attached hydrogens (tertiary/aromatic N) is 7.